The first-order valence-electron chi connectivity index (χ1n) is 8.63. The number of ether oxygens (including phenoxy) is 1. The average molecular weight is 298 g/mol. The molecule has 0 aliphatic carbocycles. The largest absolute Gasteiger partial charge is 0.378 e. The summed E-state index contributed by atoms with van der Waals surface area (Å²) in [4.78, 5) is 14.2. The minimum atomic E-state index is 0.253. The van der Waals surface area contributed by atoms with Crippen LogP contribution in [0.2, 0.25) is 0 Å². The van der Waals surface area contributed by atoms with Crippen LogP contribution < -0.4 is 5.32 Å². The topological polar surface area (TPSA) is 41.6 Å². The first-order valence-corrected chi connectivity index (χ1v) is 8.63. The van der Waals surface area contributed by atoms with Crippen molar-refractivity contribution in [2.24, 2.45) is 11.8 Å². The highest BCUT2D eigenvalue weighted by Gasteiger charge is 2.22. The van der Waals surface area contributed by atoms with E-state index in [1.54, 1.807) is 0 Å². The van der Waals surface area contributed by atoms with Crippen LogP contribution in [0.4, 0.5) is 0 Å². The summed E-state index contributed by atoms with van der Waals surface area (Å²) in [6, 6.07) is 0. The molecule has 1 aliphatic heterocycles. The van der Waals surface area contributed by atoms with E-state index in [0.29, 0.717) is 18.9 Å². The van der Waals surface area contributed by atoms with Gasteiger partial charge in [0.05, 0.1) is 19.1 Å². The maximum Gasteiger partial charge on any atom is 0.224 e. The summed E-state index contributed by atoms with van der Waals surface area (Å²) in [6.45, 7) is 13.1. The van der Waals surface area contributed by atoms with Crippen molar-refractivity contribution in [3.63, 3.8) is 0 Å². The highest BCUT2D eigenvalue weighted by molar-refractivity contribution is 5.76. The number of amides is 1. The number of rotatable bonds is 9. The van der Waals surface area contributed by atoms with Crippen molar-refractivity contribution in [3.8, 4) is 0 Å². The molecule has 124 valence electrons. The Hall–Kier alpha value is -0.610. The van der Waals surface area contributed by atoms with Crippen molar-refractivity contribution in [2.75, 3.05) is 32.8 Å². The highest BCUT2D eigenvalue weighted by Crippen LogP contribution is 2.17. The molecule has 1 saturated heterocycles. The van der Waals surface area contributed by atoms with E-state index in [1.165, 1.54) is 0 Å². The third kappa shape index (κ3) is 7.82. The van der Waals surface area contributed by atoms with E-state index in [4.69, 9.17) is 4.74 Å². The van der Waals surface area contributed by atoms with Crippen LogP contribution >= 0.6 is 0 Å². The van der Waals surface area contributed by atoms with E-state index in [1.807, 2.05) is 4.90 Å². The summed E-state index contributed by atoms with van der Waals surface area (Å²) in [6.07, 6.45) is 4.10. The molecule has 1 amide bonds. The van der Waals surface area contributed by atoms with Crippen LogP contribution in [0.25, 0.3) is 0 Å². The van der Waals surface area contributed by atoms with Crippen molar-refractivity contribution in [3.05, 3.63) is 0 Å². The van der Waals surface area contributed by atoms with E-state index in [-0.39, 0.29) is 12.0 Å². The zero-order chi connectivity index (χ0) is 15.7. The van der Waals surface area contributed by atoms with Crippen LogP contribution in [0.3, 0.4) is 0 Å². The van der Waals surface area contributed by atoms with Gasteiger partial charge in [-0.15, -0.1) is 0 Å². The molecule has 4 nitrogen and oxygen atoms in total. The molecule has 1 rings (SSSR count). The average Bonchev–Trinajstić information content (AvgIpc) is 2.44. The molecule has 1 unspecified atom stereocenters. The van der Waals surface area contributed by atoms with Gasteiger partial charge in [-0.05, 0) is 51.1 Å². The maximum atomic E-state index is 12.2. The van der Waals surface area contributed by atoms with Crippen LogP contribution in [0, 0.1) is 11.8 Å². The van der Waals surface area contributed by atoms with Gasteiger partial charge in [0, 0.05) is 13.1 Å². The quantitative estimate of drug-likeness (QED) is 0.711. The van der Waals surface area contributed by atoms with E-state index in [9.17, 15) is 4.79 Å². The number of carbonyl (C=O) groups is 1. The number of carbonyl (C=O) groups excluding carboxylic acids is 1. The van der Waals surface area contributed by atoms with Gasteiger partial charge in [0.2, 0.25) is 5.91 Å². The van der Waals surface area contributed by atoms with Gasteiger partial charge < -0.3 is 15.0 Å². The summed E-state index contributed by atoms with van der Waals surface area (Å²) < 4.78 is 5.73. The Labute approximate surface area is 130 Å². The van der Waals surface area contributed by atoms with Gasteiger partial charge in [-0.25, -0.2) is 0 Å². The summed E-state index contributed by atoms with van der Waals surface area (Å²) >= 11 is 0. The van der Waals surface area contributed by atoms with Gasteiger partial charge >= 0.3 is 0 Å². The molecular weight excluding hydrogens is 264 g/mol. The van der Waals surface area contributed by atoms with Crippen LogP contribution in [0.1, 0.15) is 53.4 Å². The molecule has 0 spiro atoms. The zero-order valence-corrected chi connectivity index (χ0v) is 14.4. The van der Waals surface area contributed by atoms with Crippen molar-refractivity contribution >= 4 is 5.91 Å². The van der Waals surface area contributed by atoms with Crippen molar-refractivity contribution < 1.29 is 9.53 Å². The maximum absolute atomic E-state index is 12.2. The van der Waals surface area contributed by atoms with E-state index in [0.717, 1.165) is 51.4 Å². The van der Waals surface area contributed by atoms with Gasteiger partial charge in [-0.2, -0.15) is 0 Å². The smallest absolute Gasteiger partial charge is 0.224 e. The summed E-state index contributed by atoms with van der Waals surface area (Å²) in [7, 11) is 0. The lowest BCUT2D eigenvalue weighted by atomic mass is 9.96. The molecule has 4 heteroatoms. The fraction of sp³-hybridized carbons (Fsp3) is 0.941. The zero-order valence-electron chi connectivity index (χ0n) is 14.4. The Bertz CT molecular complexity index is 287. The Kier molecular flexibility index (Phi) is 8.93. The molecule has 0 radical (unpaired) electrons. The Morgan fingerprint density at radius 1 is 1.29 bits per heavy atom. The standard InChI is InChI=1S/C17H34N2O2/c1-5-18-13-16-6-9-19(10-7-16)17(20)8-11-21-15(4)12-14(2)3/h14-16,18H,5-13H2,1-4H3. The number of likely N-dealkylation sites (tertiary alicyclic amines) is 1. The molecule has 0 aromatic carbocycles. The Morgan fingerprint density at radius 2 is 1.95 bits per heavy atom. The molecule has 21 heavy (non-hydrogen) atoms. The SMILES string of the molecule is CCNCC1CCN(C(=O)CCOC(C)CC(C)C)CC1. The lowest BCUT2D eigenvalue weighted by Crippen LogP contribution is -2.41. The second kappa shape index (κ2) is 10.2. The number of piperidine rings is 1. The number of nitrogens with one attached hydrogen (secondary N) is 1. The fourth-order valence-electron chi connectivity index (χ4n) is 2.97. The molecule has 1 N–H and O–H groups in total. The van der Waals surface area contributed by atoms with Gasteiger partial charge in [-0.1, -0.05) is 20.8 Å². The summed E-state index contributed by atoms with van der Waals surface area (Å²) in [5, 5.41) is 3.40. The molecule has 0 bridgehead atoms. The number of hydrogen-bond acceptors (Lipinski definition) is 3. The lowest BCUT2D eigenvalue weighted by Gasteiger charge is -2.32. The minimum Gasteiger partial charge on any atom is -0.378 e. The van der Waals surface area contributed by atoms with Crippen molar-refractivity contribution in [1.29, 1.82) is 0 Å². The second-order valence-corrected chi connectivity index (χ2v) is 6.69. The predicted molar refractivity (Wildman–Crippen MR) is 87.3 cm³/mol. The predicted octanol–water partition coefficient (Wildman–Crippen LogP) is 2.68. The summed E-state index contributed by atoms with van der Waals surface area (Å²) in [5.74, 6) is 1.64. The summed E-state index contributed by atoms with van der Waals surface area (Å²) in [5.41, 5.74) is 0. The van der Waals surface area contributed by atoms with Crippen LogP contribution in [-0.2, 0) is 9.53 Å². The molecule has 1 fully saturated rings. The molecule has 0 saturated carbocycles. The Morgan fingerprint density at radius 3 is 2.52 bits per heavy atom. The molecule has 0 aromatic heterocycles. The first-order chi connectivity index (χ1) is 10.0. The monoisotopic (exact) mass is 298 g/mol. The van der Waals surface area contributed by atoms with Gasteiger partial charge in [0.15, 0.2) is 0 Å². The first kappa shape index (κ1) is 18.4. The van der Waals surface area contributed by atoms with Crippen LogP contribution in [-0.4, -0.2) is 49.7 Å². The third-order valence-corrected chi connectivity index (χ3v) is 4.17. The fourth-order valence-corrected chi connectivity index (χ4v) is 2.97. The van der Waals surface area contributed by atoms with Gasteiger partial charge in [-0.3, -0.25) is 4.79 Å². The van der Waals surface area contributed by atoms with E-state index in [2.05, 4.69) is 33.0 Å². The normalized spacial score (nSPS) is 18.2. The number of nitrogens with zero attached hydrogens (tertiary/aromatic N) is 1. The van der Waals surface area contributed by atoms with Gasteiger partial charge in [0.25, 0.3) is 0 Å². The third-order valence-electron chi connectivity index (χ3n) is 4.17. The molecule has 1 heterocycles. The Balaban J connectivity index is 2.13. The molecular formula is C17H34N2O2. The lowest BCUT2D eigenvalue weighted by molar-refractivity contribution is -0.134. The van der Waals surface area contributed by atoms with Crippen molar-refractivity contribution in [2.45, 2.75) is 59.5 Å². The van der Waals surface area contributed by atoms with Crippen molar-refractivity contribution in [1.82, 2.24) is 10.2 Å². The van der Waals surface area contributed by atoms with Crippen LogP contribution in [0.5, 0.6) is 0 Å². The van der Waals surface area contributed by atoms with E-state index >= 15 is 0 Å². The minimum absolute atomic E-state index is 0.253. The molecule has 0 aromatic rings. The molecule has 1 aliphatic rings. The van der Waals surface area contributed by atoms with E-state index < -0.39 is 0 Å². The number of hydrogen-bond donors (Lipinski definition) is 1. The van der Waals surface area contributed by atoms with Crippen LogP contribution in [0.15, 0.2) is 0 Å². The van der Waals surface area contributed by atoms with Gasteiger partial charge in [0.1, 0.15) is 0 Å². The molecule has 1 atom stereocenters. The highest BCUT2D eigenvalue weighted by atomic mass is 16.5. The second-order valence-electron chi connectivity index (χ2n) is 6.69.